The maximum Gasteiger partial charge on any atom is 0.175 e. The first-order valence-corrected chi connectivity index (χ1v) is 12.7. The monoisotopic (exact) mass is 536 g/mol. The second kappa shape index (κ2) is 10.0. The standard InChI is InChI=1S/C33H28O7/c1-35-20-10-6-18(7-11-20)28-29-24(14-22(37-3)16-26(29)39-5)31-30-25(32(28)34)15-23(38-4)17-27(30)40-33(31)19-8-12-21(36-2)13-9-19/h6-17,28H,1-5H3. The van der Waals surface area contributed by atoms with Crippen LogP contribution in [0, 0.1) is 0 Å². The van der Waals surface area contributed by atoms with Crippen LogP contribution in [0.3, 0.4) is 0 Å². The molecule has 0 aliphatic heterocycles. The first-order valence-electron chi connectivity index (χ1n) is 12.7. The number of benzene rings is 4. The highest BCUT2D eigenvalue weighted by molar-refractivity contribution is 6.21. The van der Waals surface area contributed by atoms with Crippen LogP contribution in [0.15, 0.2) is 77.2 Å². The quantitative estimate of drug-likeness (QED) is 0.219. The van der Waals surface area contributed by atoms with Gasteiger partial charge in [-0.2, -0.15) is 0 Å². The Labute approximate surface area is 231 Å². The van der Waals surface area contributed by atoms with Gasteiger partial charge in [-0.1, -0.05) is 12.1 Å². The van der Waals surface area contributed by atoms with E-state index in [0.29, 0.717) is 45.3 Å². The largest absolute Gasteiger partial charge is 0.497 e. The normalized spacial score (nSPS) is 13.9. The molecule has 0 N–H and O–H groups in total. The van der Waals surface area contributed by atoms with Crippen LogP contribution in [-0.2, 0) is 0 Å². The predicted molar refractivity (Wildman–Crippen MR) is 152 cm³/mol. The van der Waals surface area contributed by atoms with E-state index in [9.17, 15) is 4.79 Å². The fourth-order valence-corrected chi connectivity index (χ4v) is 5.51. The van der Waals surface area contributed by atoms with Crippen molar-refractivity contribution in [3.63, 3.8) is 0 Å². The molecule has 1 aliphatic carbocycles. The summed E-state index contributed by atoms with van der Waals surface area (Å²) in [5.41, 5.74) is 5.00. The number of carbonyl (C=O) groups excluding carboxylic acids is 1. The average molecular weight is 537 g/mol. The highest BCUT2D eigenvalue weighted by atomic mass is 16.5. The average Bonchev–Trinajstić information content (AvgIpc) is 3.35. The molecule has 1 aromatic heterocycles. The Morgan fingerprint density at radius 1 is 0.625 bits per heavy atom. The molecule has 6 rings (SSSR count). The van der Waals surface area contributed by atoms with E-state index in [0.717, 1.165) is 33.6 Å². The first-order chi connectivity index (χ1) is 19.5. The lowest BCUT2D eigenvalue weighted by molar-refractivity contribution is 0.0974. The molecule has 40 heavy (non-hydrogen) atoms. The van der Waals surface area contributed by atoms with Crippen LogP contribution < -0.4 is 23.7 Å². The smallest absolute Gasteiger partial charge is 0.175 e. The van der Waals surface area contributed by atoms with Gasteiger partial charge < -0.3 is 28.1 Å². The maximum absolute atomic E-state index is 14.6. The van der Waals surface area contributed by atoms with Gasteiger partial charge in [0.05, 0.1) is 41.5 Å². The van der Waals surface area contributed by atoms with Crippen molar-refractivity contribution in [2.24, 2.45) is 0 Å². The predicted octanol–water partition coefficient (Wildman–Crippen LogP) is 7.14. The Morgan fingerprint density at radius 3 is 1.80 bits per heavy atom. The van der Waals surface area contributed by atoms with Crippen LogP contribution in [-0.4, -0.2) is 41.3 Å². The Hall–Kier alpha value is -4.91. The summed E-state index contributed by atoms with van der Waals surface area (Å²) >= 11 is 0. The van der Waals surface area contributed by atoms with Crippen molar-refractivity contribution in [3.8, 4) is 51.2 Å². The van der Waals surface area contributed by atoms with E-state index in [2.05, 4.69) is 0 Å². The van der Waals surface area contributed by atoms with E-state index in [-0.39, 0.29) is 5.78 Å². The van der Waals surface area contributed by atoms with E-state index >= 15 is 0 Å². The summed E-state index contributed by atoms with van der Waals surface area (Å²) in [5.74, 6) is 2.95. The van der Waals surface area contributed by atoms with Crippen LogP contribution in [0.2, 0.25) is 0 Å². The highest BCUT2D eigenvalue weighted by Crippen LogP contribution is 2.53. The summed E-state index contributed by atoms with van der Waals surface area (Å²) in [6, 6.07) is 22.5. The molecule has 1 aliphatic rings. The van der Waals surface area contributed by atoms with Crippen LogP contribution in [0.4, 0.5) is 0 Å². The van der Waals surface area contributed by atoms with Crippen molar-refractivity contribution in [1.82, 2.24) is 0 Å². The first kappa shape index (κ1) is 25.4. The molecule has 0 saturated heterocycles. The van der Waals surface area contributed by atoms with E-state index < -0.39 is 5.92 Å². The van der Waals surface area contributed by atoms with Crippen molar-refractivity contribution in [3.05, 3.63) is 89.5 Å². The molecular formula is C33H28O7. The maximum atomic E-state index is 14.6. The number of furan rings is 1. The lowest BCUT2D eigenvalue weighted by Crippen LogP contribution is -2.15. The zero-order chi connectivity index (χ0) is 28.0. The lowest BCUT2D eigenvalue weighted by Gasteiger charge is -2.22. The molecule has 7 nitrogen and oxygen atoms in total. The lowest BCUT2D eigenvalue weighted by atomic mass is 9.83. The minimum absolute atomic E-state index is 0.0976. The Morgan fingerprint density at radius 2 is 1.20 bits per heavy atom. The van der Waals surface area contributed by atoms with Crippen LogP contribution >= 0.6 is 0 Å². The van der Waals surface area contributed by atoms with Gasteiger partial charge in [0.25, 0.3) is 0 Å². The third-order valence-corrected chi connectivity index (χ3v) is 7.46. The fourth-order valence-electron chi connectivity index (χ4n) is 5.51. The van der Waals surface area contributed by atoms with Gasteiger partial charge in [-0.3, -0.25) is 4.79 Å². The minimum atomic E-state index is -0.673. The zero-order valence-electron chi connectivity index (χ0n) is 22.9. The van der Waals surface area contributed by atoms with Crippen molar-refractivity contribution in [1.29, 1.82) is 0 Å². The summed E-state index contributed by atoms with van der Waals surface area (Å²) in [5, 5.41) is 0.712. The van der Waals surface area contributed by atoms with Gasteiger partial charge in [-0.15, -0.1) is 0 Å². The number of hydrogen-bond acceptors (Lipinski definition) is 7. The fraction of sp³-hybridized carbons (Fsp3) is 0.182. The number of methoxy groups -OCH3 is 5. The third-order valence-electron chi connectivity index (χ3n) is 7.46. The van der Waals surface area contributed by atoms with Gasteiger partial charge in [0.1, 0.15) is 40.1 Å². The van der Waals surface area contributed by atoms with Gasteiger partial charge in [-0.05, 0) is 59.7 Å². The molecule has 5 aromatic rings. The van der Waals surface area contributed by atoms with Gasteiger partial charge in [0, 0.05) is 39.8 Å². The molecule has 0 radical (unpaired) electrons. The van der Waals surface area contributed by atoms with Crippen molar-refractivity contribution < 1.29 is 32.9 Å². The van der Waals surface area contributed by atoms with E-state index in [1.807, 2.05) is 66.7 Å². The molecule has 0 amide bonds. The molecule has 202 valence electrons. The molecule has 0 bridgehead atoms. The Kier molecular flexibility index (Phi) is 6.34. The van der Waals surface area contributed by atoms with Crippen LogP contribution in [0.25, 0.3) is 33.4 Å². The van der Waals surface area contributed by atoms with Crippen molar-refractivity contribution in [2.45, 2.75) is 5.92 Å². The van der Waals surface area contributed by atoms with E-state index in [4.69, 9.17) is 28.1 Å². The zero-order valence-corrected chi connectivity index (χ0v) is 22.9. The summed E-state index contributed by atoms with van der Waals surface area (Å²) in [4.78, 5) is 14.6. The third kappa shape index (κ3) is 3.93. The number of carbonyl (C=O) groups is 1. The highest BCUT2D eigenvalue weighted by Gasteiger charge is 2.38. The molecule has 0 spiro atoms. The molecule has 1 heterocycles. The van der Waals surface area contributed by atoms with Crippen LogP contribution in [0.1, 0.15) is 27.4 Å². The topological polar surface area (TPSA) is 76.4 Å². The molecule has 0 fully saturated rings. The van der Waals surface area contributed by atoms with Crippen LogP contribution in [0.5, 0.6) is 28.7 Å². The molecule has 4 aromatic carbocycles. The number of fused-ring (bicyclic) bond motifs is 2. The van der Waals surface area contributed by atoms with Gasteiger partial charge >= 0.3 is 0 Å². The SMILES string of the molecule is COc1ccc(-c2oc3cc(OC)cc4c3c2-c2cc(OC)cc(OC)c2C(c2ccc(OC)cc2)C4=O)cc1. The van der Waals surface area contributed by atoms with Gasteiger partial charge in [0.15, 0.2) is 5.78 Å². The Balaban J connectivity index is 1.75. The summed E-state index contributed by atoms with van der Waals surface area (Å²) < 4.78 is 34.5. The molecular weight excluding hydrogens is 508 g/mol. The Bertz CT molecular complexity index is 1730. The van der Waals surface area contributed by atoms with Gasteiger partial charge in [0.2, 0.25) is 0 Å². The summed E-state index contributed by atoms with van der Waals surface area (Å²) in [6.07, 6.45) is 0. The van der Waals surface area contributed by atoms with E-state index in [1.54, 1.807) is 41.6 Å². The summed E-state index contributed by atoms with van der Waals surface area (Å²) in [7, 11) is 8.03. The number of hydrogen-bond donors (Lipinski definition) is 0. The second-order valence-corrected chi connectivity index (χ2v) is 9.44. The van der Waals surface area contributed by atoms with Gasteiger partial charge in [-0.25, -0.2) is 0 Å². The molecule has 0 saturated carbocycles. The second-order valence-electron chi connectivity index (χ2n) is 9.44. The molecule has 1 unspecified atom stereocenters. The number of ketones is 1. The number of Topliss-reactive ketones (excluding diaryl/α,β-unsaturated/α-hetero) is 1. The molecule has 1 atom stereocenters. The molecule has 7 heteroatoms. The minimum Gasteiger partial charge on any atom is -0.497 e. The van der Waals surface area contributed by atoms with Crippen molar-refractivity contribution in [2.75, 3.05) is 35.5 Å². The summed E-state index contributed by atoms with van der Waals surface area (Å²) in [6.45, 7) is 0. The number of rotatable bonds is 7. The number of ether oxygens (including phenoxy) is 5. The van der Waals surface area contributed by atoms with E-state index in [1.165, 1.54) is 0 Å². The van der Waals surface area contributed by atoms with Crippen molar-refractivity contribution >= 4 is 16.8 Å².